The van der Waals surface area contributed by atoms with E-state index in [-0.39, 0.29) is 30.3 Å². The standard InChI is InChI=1S/C21H23N3O3.ClH/c1-5-12(22-3)10-24-20(25)15-8-11(2)19-17(18(15)21(24)26)14-9-13(27-4)6-7-16(14)23-19;/h6-9,12,22-23H,5,10H2,1-4H3;1H. The van der Waals surface area contributed by atoms with Crippen LogP contribution in [-0.4, -0.2) is 48.4 Å². The summed E-state index contributed by atoms with van der Waals surface area (Å²) in [6, 6.07) is 7.63. The van der Waals surface area contributed by atoms with Crippen LogP contribution in [-0.2, 0) is 0 Å². The molecule has 0 aliphatic carbocycles. The third-order valence-electron chi connectivity index (χ3n) is 5.52. The highest BCUT2D eigenvalue weighted by Gasteiger charge is 2.39. The second kappa shape index (κ2) is 7.45. The van der Waals surface area contributed by atoms with Crippen LogP contribution in [0.2, 0.25) is 0 Å². The smallest absolute Gasteiger partial charge is 0.262 e. The molecule has 3 aromatic rings. The first-order chi connectivity index (χ1) is 13.0. The van der Waals surface area contributed by atoms with Crippen molar-refractivity contribution in [3.8, 4) is 5.75 Å². The number of H-pyrrole nitrogens is 1. The fraction of sp³-hybridized carbons (Fsp3) is 0.333. The van der Waals surface area contributed by atoms with E-state index in [9.17, 15) is 9.59 Å². The zero-order valence-electron chi connectivity index (χ0n) is 16.4. The van der Waals surface area contributed by atoms with Crippen molar-refractivity contribution >= 4 is 46.0 Å². The number of aromatic nitrogens is 1. The number of methoxy groups -OCH3 is 1. The highest BCUT2D eigenvalue weighted by molar-refractivity contribution is 6.30. The average molecular weight is 402 g/mol. The van der Waals surface area contributed by atoms with Crippen LogP contribution in [0.15, 0.2) is 24.3 Å². The molecule has 0 saturated heterocycles. The minimum absolute atomic E-state index is 0. The van der Waals surface area contributed by atoms with Gasteiger partial charge in [0.25, 0.3) is 11.8 Å². The Bertz CT molecular complexity index is 1090. The predicted octanol–water partition coefficient (Wildman–Crippen LogP) is 3.65. The van der Waals surface area contributed by atoms with E-state index in [0.29, 0.717) is 23.4 Å². The summed E-state index contributed by atoms with van der Waals surface area (Å²) >= 11 is 0. The summed E-state index contributed by atoms with van der Waals surface area (Å²) in [6.45, 7) is 4.36. The van der Waals surface area contributed by atoms with Crippen molar-refractivity contribution in [2.45, 2.75) is 26.3 Å². The molecule has 0 radical (unpaired) electrons. The molecular weight excluding hydrogens is 378 g/mol. The van der Waals surface area contributed by atoms with Crippen molar-refractivity contribution < 1.29 is 14.3 Å². The molecule has 1 aromatic heterocycles. The first-order valence-corrected chi connectivity index (χ1v) is 9.16. The van der Waals surface area contributed by atoms with Crippen molar-refractivity contribution in [3.05, 3.63) is 41.0 Å². The second-order valence-corrected chi connectivity index (χ2v) is 7.02. The number of nitrogens with zero attached hydrogens (tertiary/aromatic N) is 1. The fourth-order valence-electron chi connectivity index (χ4n) is 3.92. The van der Waals surface area contributed by atoms with Gasteiger partial charge in [0.05, 0.1) is 23.8 Å². The van der Waals surface area contributed by atoms with E-state index >= 15 is 0 Å². The molecule has 7 heteroatoms. The number of benzene rings is 2. The Balaban J connectivity index is 0.00000225. The summed E-state index contributed by atoms with van der Waals surface area (Å²) in [6.07, 6.45) is 0.836. The number of aryl methyl sites for hydroxylation is 1. The summed E-state index contributed by atoms with van der Waals surface area (Å²) in [5.74, 6) is 0.275. The van der Waals surface area contributed by atoms with Gasteiger partial charge in [-0.05, 0) is 50.2 Å². The van der Waals surface area contributed by atoms with Crippen molar-refractivity contribution in [2.75, 3.05) is 20.7 Å². The molecule has 0 fully saturated rings. The molecule has 4 rings (SSSR count). The molecule has 2 aromatic carbocycles. The van der Waals surface area contributed by atoms with E-state index in [1.165, 1.54) is 4.90 Å². The predicted molar refractivity (Wildman–Crippen MR) is 113 cm³/mol. The Morgan fingerprint density at radius 1 is 1.21 bits per heavy atom. The Morgan fingerprint density at radius 3 is 2.61 bits per heavy atom. The molecule has 0 bridgehead atoms. The van der Waals surface area contributed by atoms with Gasteiger partial charge in [-0.3, -0.25) is 14.5 Å². The first-order valence-electron chi connectivity index (χ1n) is 9.16. The molecule has 1 aliphatic rings. The van der Waals surface area contributed by atoms with Gasteiger partial charge >= 0.3 is 0 Å². The largest absolute Gasteiger partial charge is 0.497 e. The monoisotopic (exact) mass is 401 g/mol. The molecule has 2 amide bonds. The zero-order valence-corrected chi connectivity index (χ0v) is 17.2. The van der Waals surface area contributed by atoms with Crippen LogP contribution in [0, 0.1) is 6.92 Å². The normalized spacial score (nSPS) is 14.5. The van der Waals surface area contributed by atoms with Gasteiger partial charge in [-0.1, -0.05) is 6.92 Å². The number of likely N-dealkylation sites (N-methyl/N-ethyl adjacent to an activating group) is 1. The van der Waals surface area contributed by atoms with Crippen LogP contribution in [0.4, 0.5) is 0 Å². The quantitative estimate of drug-likeness (QED) is 0.640. The van der Waals surface area contributed by atoms with E-state index in [0.717, 1.165) is 33.8 Å². The van der Waals surface area contributed by atoms with Crippen molar-refractivity contribution in [1.82, 2.24) is 15.2 Å². The molecule has 28 heavy (non-hydrogen) atoms. The molecule has 2 heterocycles. The third kappa shape index (κ3) is 2.84. The van der Waals surface area contributed by atoms with Crippen LogP contribution in [0.25, 0.3) is 21.8 Å². The number of imide groups is 1. The molecule has 0 spiro atoms. The Labute approximate surface area is 169 Å². The van der Waals surface area contributed by atoms with E-state index < -0.39 is 0 Å². The molecule has 1 atom stereocenters. The van der Waals surface area contributed by atoms with Crippen LogP contribution in [0.1, 0.15) is 39.6 Å². The summed E-state index contributed by atoms with van der Waals surface area (Å²) in [4.78, 5) is 31.0. The van der Waals surface area contributed by atoms with Gasteiger partial charge in [0.15, 0.2) is 0 Å². The number of carbonyl (C=O) groups excluding carboxylic acids is 2. The number of carbonyl (C=O) groups is 2. The second-order valence-electron chi connectivity index (χ2n) is 7.02. The maximum Gasteiger partial charge on any atom is 0.262 e. The minimum Gasteiger partial charge on any atom is -0.497 e. The lowest BCUT2D eigenvalue weighted by Gasteiger charge is -2.20. The van der Waals surface area contributed by atoms with Gasteiger partial charge in [0.1, 0.15) is 5.75 Å². The summed E-state index contributed by atoms with van der Waals surface area (Å²) < 4.78 is 5.36. The van der Waals surface area contributed by atoms with Gasteiger partial charge in [-0.15, -0.1) is 12.4 Å². The number of aromatic amines is 1. The lowest BCUT2D eigenvalue weighted by molar-refractivity contribution is 0.0639. The molecule has 1 aliphatic heterocycles. The van der Waals surface area contributed by atoms with Crippen LogP contribution in [0.3, 0.4) is 0 Å². The zero-order chi connectivity index (χ0) is 19.3. The first kappa shape index (κ1) is 20.2. The number of hydrogen-bond donors (Lipinski definition) is 2. The van der Waals surface area contributed by atoms with Gasteiger partial charge in [-0.25, -0.2) is 0 Å². The maximum absolute atomic E-state index is 13.2. The van der Waals surface area contributed by atoms with Gasteiger partial charge in [-0.2, -0.15) is 0 Å². The maximum atomic E-state index is 13.2. The summed E-state index contributed by atoms with van der Waals surface area (Å²) in [7, 11) is 3.46. The number of ether oxygens (including phenoxy) is 1. The number of hydrogen-bond acceptors (Lipinski definition) is 4. The highest BCUT2D eigenvalue weighted by atomic mass is 35.5. The van der Waals surface area contributed by atoms with Crippen molar-refractivity contribution in [2.24, 2.45) is 0 Å². The molecule has 2 N–H and O–H groups in total. The van der Waals surface area contributed by atoms with Crippen LogP contribution >= 0.6 is 12.4 Å². The fourth-order valence-corrected chi connectivity index (χ4v) is 3.92. The third-order valence-corrected chi connectivity index (χ3v) is 5.52. The van der Waals surface area contributed by atoms with E-state index in [4.69, 9.17) is 4.74 Å². The minimum atomic E-state index is -0.225. The highest BCUT2D eigenvalue weighted by Crippen LogP contribution is 2.38. The lowest BCUT2D eigenvalue weighted by atomic mass is 9.99. The molecule has 148 valence electrons. The summed E-state index contributed by atoms with van der Waals surface area (Å²) in [5, 5.41) is 4.87. The van der Waals surface area contributed by atoms with Crippen molar-refractivity contribution in [1.29, 1.82) is 0 Å². The van der Waals surface area contributed by atoms with Crippen molar-refractivity contribution in [3.63, 3.8) is 0 Å². The number of rotatable bonds is 5. The van der Waals surface area contributed by atoms with E-state index in [2.05, 4.69) is 10.3 Å². The Morgan fingerprint density at radius 2 is 1.96 bits per heavy atom. The number of amides is 2. The van der Waals surface area contributed by atoms with Crippen LogP contribution in [0.5, 0.6) is 5.75 Å². The number of nitrogens with one attached hydrogen (secondary N) is 2. The molecule has 6 nitrogen and oxygen atoms in total. The topological polar surface area (TPSA) is 74.4 Å². The number of fused-ring (bicyclic) bond motifs is 5. The van der Waals surface area contributed by atoms with Gasteiger partial charge in [0, 0.05) is 28.9 Å². The van der Waals surface area contributed by atoms with E-state index in [1.807, 2.05) is 45.2 Å². The Kier molecular flexibility index (Phi) is 5.37. The van der Waals surface area contributed by atoms with Crippen LogP contribution < -0.4 is 10.1 Å². The molecular formula is C21H24ClN3O3. The van der Waals surface area contributed by atoms with Gasteiger partial charge < -0.3 is 15.0 Å². The Hall–Kier alpha value is -2.57. The average Bonchev–Trinajstić information content (AvgIpc) is 3.16. The summed E-state index contributed by atoms with van der Waals surface area (Å²) in [5.41, 5.74) is 3.73. The lowest BCUT2D eigenvalue weighted by Crippen LogP contribution is -2.42. The molecule has 0 saturated carbocycles. The SMILES string of the molecule is CCC(CN1C(=O)c2cc(C)c3[nH]c4ccc(OC)cc4c3c2C1=O)NC.Cl. The van der Waals surface area contributed by atoms with Gasteiger partial charge in [0.2, 0.25) is 0 Å². The number of halogens is 1. The molecule has 1 unspecified atom stereocenters. The van der Waals surface area contributed by atoms with E-state index in [1.54, 1.807) is 7.11 Å².